The molecule has 0 aromatic heterocycles. The molecule has 1 amide bonds. The number of hydrogen-bond acceptors (Lipinski definition) is 6. The fraction of sp³-hybridized carbons (Fsp3) is 0.192. The molecule has 2 aromatic rings. The van der Waals surface area contributed by atoms with Gasteiger partial charge in [-0.15, -0.1) is 0 Å². The van der Waals surface area contributed by atoms with Crippen LogP contribution >= 0.6 is 11.8 Å². The molecule has 0 fully saturated rings. The van der Waals surface area contributed by atoms with E-state index in [-0.39, 0.29) is 24.8 Å². The molecule has 2 aliphatic rings. The molecule has 0 saturated heterocycles. The lowest BCUT2D eigenvalue weighted by atomic mass is 9.94. The van der Waals surface area contributed by atoms with E-state index in [0.29, 0.717) is 23.0 Å². The number of esters is 1. The lowest BCUT2D eigenvalue weighted by Crippen LogP contribution is -2.38. The summed E-state index contributed by atoms with van der Waals surface area (Å²) in [5.41, 5.74) is 3.43. The van der Waals surface area contributed by atoms with E-state index >= 15 is 0 Å². The van der Waals surface area contributed by atoms with Crippen LogP contribution in [0.3, 0.4) is 0 Å². The number of hydrogen-bond donors (Lipinski definition) is 1. The summed E-state index contributed by atoms with van der Waals surface area (Å²) in [5.74, 6) is -0.977. The smallest absolute Gasteiger partial charge is 0.338 e. The van der Waals surface area contributed by atoms with Crippen molar-refractivity contribution in [3.05, 3.63) is 107 Å². The third-order valence-corrected chi connectivity index (χ3v) is 6.30. The van der Waals surface area contributed by atoms with Gasteiger partial charge in [0.05, 0.1) is 23.7 Å². The topological polar surface area (TPSA) is 71.0 Å². The standard InChI is InChI=1S/C26H24FN3O3S/c1-3-13-33-25(32)23-17(2)29-26-30(24(23)19-7-5-4-6-8-19)21(16-34-26)14-22(31)28-15-18-9-11-20(27)12-10-18/h3-12,16,24H,1,13-15H2,2H3,(H,28,31)/t24-/m0/s1. The molecule has 34 heavy (non-hydrogen) atoms. The summed E-state index contributed by atoms with van der Waals surface area (Å²) in [7, 11) is 0. The van der Waals surface area contributed by atoms with Crippen LogP contribution < -0.4 is 5.32 Å². The molecular weight excluding hydrogens is 453 g/mol. The Morgan fingerprint density at radius 2 is 1.94 bits per heavy atom. The molecule has 8 heteroatoms. The molecule has 0 saturated carbocycles. The maximum atomic E-state index is 13.1. The Labute approximate surface area is 201 Å². The van der Waals surface area contributed by atoms with Gasteiger partial charge in [-0.05, 0) is 35.6 Å². The van der Waals surface area contributed by atoms with Crippen LogP contribution in [0.4, 0.5) is 4.39 Å². The Morgan fingerprint density at radius 1 is 1.21 bits per heavy atom. The van der Waals surface area contributed by atoms with Crippen molar-refractivity contribution in [2.24, 2.45) is 4.99 Å². The number of rotatable bonds is 8. The van der Waals surface area contributed by atoms with Crippen molar-refractivity contribution in [2.75, 3.05) is 6.61 Å². The first-order valence-corrected chi connectivity index (χ1v) is 11.6. The number of halogens is 1. The highest BCUT2D eigenvalue weighted by Crippen LogP contribution is 2.44. The maximum Gasteiger partial charge on any atom is 0.338 e. The van der Waals surface area contributed by atoms with Gasteiger partial charge in [-0.3, -0.25) is 4.79 Å². The van der Waals surface area contributed by atoms with E-state index < -0.39 is 12.0 Å². The zero-order chi connectivity index (χ0) is 24.1. The van der Waals surface area contributed by atoms with Crippen LogP contribution in [0.25, 0.3) is 0 Å². The summed E-state index contributed by atoms with van der Waals surface area (Å²) in [4.78, 5) is 32.3. The van der Waals surface area contributed by atoms with E-state index in [1.807, 2.05) is 40.6 Å². The van der Waals surface area contributed by atoms with E-state index in [1.165, 1.54) is 30.0 Å². The molecular formula is C26H24FN3O3S. The number of benzene rings is 2. The second-order valence-corrected chi connectivity index (χ2v) is 8.61. The number of amides is 1. The van der Waals surface area contributed by atoms with Crippen LogP contribution in [0.5, 0.6) is 0 Å². The van der Waals surface area contributed by atoms with Crippen LogP contribution in [0.2, 0.25) is 0 Å². The van der Waals surface area contributed by atoms with Crippen LogP contribution in [0.1, 0.15) is 30.5 Å². The molecule has 0 spiro atoms. The van der Waals surface area contributed by atoms with Gasteiger partial charge < -0.3 is 15.0 Å². The fourth-order valence-corrected chi connectivity index (χ4v) is 4.79. The summed E-state index contributed by atoms with van der Waals surface area (Å²) in [5, 5.41) is 5.46. The maximum absolute atomic E-state index is 13.1. The normalized spacial score (nSPS) is 17.0. The molecule has 1 atom stereocenters. The van der Waals surface area contributed by atoms with Crippen molar-refractivity contribution in [2.45, 2.75) is 25.9 Å². The van der Waals surface area contributed by atoms with Crippen LogP contribution in [0, 0.1) is 5.82 Å². The number of fused-ring (bicyclic) bond motifs is 1. The van der Waals surface area contributed by atoms with Gasteiger partial charge in [0, 0.05) is 12.2 Å². The minimum Gasteiger partial charge on any atom is -0.458 e. The van der Waals surface area contributed by atoms with Gasteiger partial charge >= 0.3 is 5.97 Å². The minimum absolute atomic E-state index is 0.0942. The number of nitrogens with one attached hydrogen (secondary N) is 1. The predicted molar refractivity (Wildman–Crippen MR) is 131 cm³/mol. The third kappa shape index (κ3) is 5.12. The van der Waals surface area contributed by atoms with Gasteiger partial charge in [0.2, 0.25) is 5.91 Å². The molecule has 0 aliphatic carbocycles. The van der Waals surface area contributed by atoms with E-state index in [4.69, 9.17) is 4.74 Å². The molecule has 2 aliphatic heterocycles. The molecule has 1 N–H and O–H groups in total. The molecule has 0 bridgehead atoms. The Morgan fingerprint density at radius 3 is 2.65 bits per heavy atom. The summed E-state index contributed by atoms with van der Waals surface area (Å²) in [6.45, 7) is 5.79. The van der Waals surface area contributed by atoms with Gasteiger partial charge in [0.15, 0.2) is 5.17 Å². The highest BCUT2D eigenvalue weighted by Gasteiger charge is 2.41. The Kier molecular flexibility index (Phi) is 7.27. The summed E-state index contributed by atoms with van der Waals surface area (Å²) in [6, 6.07) is 15.1. The van der Waals surface area contributed by atoms with Crippen LogP contribution in [-0.2, 0) is 20.9 Å². The molecule has 2 aromatic carbocycles. The molecule has 0 radical (unpaired) electrons. The number of carbonyl (C=O) groups excluding carboxylic acids is 2. The van der Waals surface area contributed by atoms with E-state index in [9.17, 15) is 14.0 Å². The Bertz CT molecular complexity index is 1190. The first-order valence-electron chi connectivity index (χ1n) is 10.8. The van der Waals surface area contributed by atoms with Gasteiger partial charge in [-0.1, -0.05) is 66.9 Å². The second kappa shape index (κ2) is 10.5. The number of aliphatic imine (C=N–C) groups is 1. The number of nitrogens with zero attached hydrogens (tertiary/aromatic N) is 2. The molecule has 4 rings (SSSR count). The minimum atomic E-state index is -0.475. The number of ether oxygens (including phenoxy) is 1. The molecule has 0 unspecified atom stereocenters. The van der Waals surface area contributed by atoms with Crippen molar-refractivity contribution in [1.29, 1.82) is 0 Å². The van der Waals surface area contributed by atoms with Gasteiger partial charge in [0.25, 0.3) is 0 Å². The Hall–Kier alpha value is -3.65. The van der Waals surface area contributed by atoms with E-state index in [2.05, 4.69) is 16.9 Å². The summed E-state index contributed by atoms with van der Waals surface area (Å²) < 4.78 is 18.5. The fourth-order valence-electron chi connectivity index (χ4n) is 3.82. The SMILES string of the molecule is C=CCOC(=O)C1=C(C)N=C2SC=C(CC(=O)NCc3ccc(F)cc3)N2[C@H]1c1ccccc1. The van der Waals surface area contributed by atoms with Gasteiger partial charge in [0.1, 0.15) is 12.4 Å². The molecule has 2 heterocycles. The highest BCUT2D eigenvalue weighted by atomic mass is 32.2. The third-order valence-electron chi connectivity index (χ3n) is 5.41. The van der Waals surface area contributed by atoms with Crippen molar-refractivity contribution in [1.82, 2.24) is 10.2 Å². The van der Waals surface area contributed by atoms with Crippen molar-refractivity contribution in [3.63, 3.8) is 0 Å². The van der Waals surface area contributed by atoms with Gasteiger partial charge in [-0.2, -0.15) is 0 Å². The number of carbonyl (C=O) groups is 2. The monoisotopic (exact) mass is 477 g/mol. The number of thioether (sulfide) groups is 1. The van der Waals surface area contributed by atoms with Crippen molar-refractivity contribution in [3.8, 4) is 0 Å². The number of allylic oxidation sites excluding steroid dienone is 1. The summed E-state index contributed by atoms with van der Waals surface area (Å²) in [6.07, 6.45) is 1.62. The quantitative estimate of drug-likeness (QED) is 0.435. The molecule has 6 nitrogen and oxygen atoms in total. The molecule has 174 valence electrons. The van der Waals surface area contributed by atoms with Gasteiger partial charge in [-0.25, -0.2) is 14.2 Å². The van der Waals surface area contributed by atoms with E-state index in [0.717, 1.165) is 16.8 Å². The van der Waals surface area contributed by atoms with Crippen LogP contribution in [0.15, 0.2) is 94.6 Å². The zero-order valence-electron chi connectivity index (χ0n) is 18.7. The zero-order valence-corrected chi connectivity index (χ0v) is 19.5. The van der Waals surface area contributed by atoms with Crippen molar-refractivity contribution < 1.29 is 18.7 Å². The van der Waals surface area contributed by atoms with E-state index in [1.54, 1.807) is 19.1 Å². The predicted octanol–water partition coefficient (Wildman–Crippen LogP) is 4.84. The lowest BCUT2D eigenvalue weighted by molar-refractivity contribution is -0.138. The average molecular weight is 478 g/mol. The largest absolute Gasteiger partial charge is 0.458 e. The van der Waals surface area contributed by atoms with Crippen LogP contribution in [-0.4, -0.2) is 28.6 Å². The first kappa shape index (κ1) is 23.5. The highest BCUT2D eigenvalue weighted by molar-refractivity contribution is 8.16. The van der Waals surface area contributed by atoms with Crippen molar-refractivity contribution >= 4 is 28.8 Å². The average Bonchev–Trinajstić information content (AvgIpc) is 3.23. The second-order valence-electron chi connectivity index (χ2n) is 7.77. The summed E-state index contributed by atoms with van der Waals surface area (Å²) >= 11 is 1.42. The number of amidine groups is 1. The first-order chi connectivity index (χ1) is 16.5. The Balaban J connectivity index is 1.57. The lowest BCUT2D eigenvalue weighted by Gasteiger charge is -2.36.